The van der Waals surface area contributed by atoms with Gasteiger partial charge in [-0.2, -0.15) is 11.8 Å². The molecule has 1 fully saturated rings. The van der Waals surface area contributed by atoms with Crippen molar-refractivity contribution in [3.05, 3.63) is 39.9 Å². The van der Waals surface area contributed by atoms with Gasteiger partial charge < -0.3 is 33.4 Å². The van der Waals surface area contributed by atoms with E-state index in [2.05, 4.69) is 10.3 Å². The molecule has 18 heteroatoms. The van der Waals surface area contributed by atoms with Crippen LogP contribution in [0, 0.1) is 10.8 Å². The van der Waals surface area contributed by atoms with Crippen molar-refractivity contribution in [2.75, 3.05) is 23.8 Å². The van der Waals surface area contributed by atoms with Crippen molar-refractivity contribution in [3.63, 3.8) is 0 Å². The highest BCUT2D eigenvalue weighted by molar-refractivity contribution is 8.13. The third-order valence-electron chi connectivity index (χ3n) is 5.35. The number of benzene rings is 1. The summed E-state index contributed by atoms with van der Waals surface area (Å²) >= 11 is 6.28. The molecule has 0 aliphatic carbocycles. The fourth-order valence-electron chi connectivity index (χ4n) is 3.67. The average molecular weight is 644 g/mol. The Morgan fingerprint density at radius 2 is 1.85 bits per heavy atom. The van der Waals surface area contributed by atoms with Crippen molar-refractivity contribution >= 4 is 92.9 Å². The average Bonchev–Trinajstić information content (AvgIpc) is 2.89. The van der Waals surface area contributed by atoms with Gasteiger partial charge in [-0.3, -0.25) is 30.3 Å². The maximum absolute atomic E-state index is 13.0. The summed E-state index contributed by atoms with van der Waals surface area (Å²) in [5.74, 6) is -0.190. The molecule has 216 valence electrons. The Morgan fingerprint density at radius 3 is 2.50 bits per heavy atom. The molecule has 2 atom stereocenters. The molecule has 0 saturated carbocycles. The molecule has 1 aromatic rings. The lowest BCUT2D eigenvalue weighted by Crippen LogP contribution is -2.70. The molecule has 2 aliphatic rings. The van der Waals surface area contributed by atoms with E-state index in [1.54, 1.807) is 0 Å². The van der Waals surface area contributed by atoms with Gasteiger partial charge in [0.15, 0.2) is 16.3 Å². The largest absolute Gasteiger partial charge is 0.477 e. The number of nitrogens with one attached hydrogen (secondary N) is 3. The quantitative estimate of drug-likeness (QED) is 0.0640. The van der Waals surface area contributed by atoms with E-state index in [0.717, 1.165) is 27.8 Å². The van der Waals surface area contributed by atoms with Gasteiger partial charge >= 0.3 is 5.97 Å². The molecule has 1 saturated heterocycles. The Kier molecular flexibility index (Phi) is 11.8. The van der Waals surface area contributed by atoms with Crippen LogP contribution in [0.5, 0.6) is 0 Å². The van der Waals surface area contributed by atoms with E-state index in [9.17, 15) is 19.5 Å². The number of amidine groups is 2. The Bertz CT molecular complexity index is 1260. The molecule has 0 spiro atoms. The van der Waals surface area contributed by atoms with Gasteiger partial charge in [0, 0.05) is 32.8 Å². The fourth-order valence-corrected chi connectivity index (χ4v) is 8.03. The topological polar surface area (TPSA) is 251 Å². The van der Waals surface area contributed by atoms with Crippen LogP contribution in [0.15, 0.2) is 38.7 Å². The van der Waals surface area contributed by atoms with Crippen LogP contribution < -0.4 is 28.3 Å². The first-order chi connectivity index (χ1) is 19.0. The molecule has 2 heterocycles. The first-order valence-electron chi connectivity index (χ1n) is 11.5. The van der Waals surface area contributed by atoms with Crippen LogP contribution in [0.4, 0.5) is 0 Å². The number of carbonyl (C=O) groups excluding carboxylic acids is 2. The summed E-state index contributed by atoms with van der Waals surface area (Å²) in [6, 6.07) is 4.84. The Labute approximate surface area is 251 Å². The van der Waals surface area contributed by atoms with Crippen molar-refractivity contribution in [1.29, 1.82) is 10.8 Å². The summed E-state index contributed by atoms with van der Waals surface area (Å²) in [5, 5.41) is 27.2. The maximum atomic E-state index is 13.0. The minimum absolute atomic E-state index is 0.00142. The number of nitrogens with two attached hydrogens (primary N) is 4. The standard InChI is InChI=1S/C22H29N9O4S5/c23-20(24)29-3-4-36-9-14(32)30-15-17(33)31-16(19(34)35)13(8-37-18(15)31)40-12-2-1-10(6-38-21(25)26)5-11(12)7-39-22(27)28/h1-2,5,15,18H,3-4,6-9H2,(H3,25,26)(H3,27,28)(H,30,32)(H,34,35)(H4,23,24,29)/t15-,18-/m1/s1. The lowest BCUT2D eigenvalue weighted by atomic mass is 10.1. The van der Waals surface area contributed by atoms with Crippen molar-refractivity contribution in [3.8, 4) is 0 Å². The van der Waals surface area contributed by atoms with E-state index in [0.29, 0.717) is 34.5 Å². The predicted octanol–water partition coefficient (Wildman–Crippen LogP) is 0.735. The molecule has 12 N–H and O–H groups in total. The van der Waals surface area contributed by atoms with E-state index in [-0.39, 0.29) is 33.7 Å². The summed E-state index contributed by atoms with van der Waals surface area (Å²) < 4.78 is 0. The van der Waals surface area contributed by atoms with E-state index >= 15 is 0 Å². The van der Waals surface area contributed by atoms with Crippen molar-refractivity contribution < 1.29 is 19.5 Å². The number of rotatable bonds is 13. The summed E-state index contributed by atoms with van der Waals surface area (Å²) in [4.78, 5) is 44.0. The fraction of sp³-hybridized carbons (Fsp3) is 0.364. The summed E-state index contributed by atoms with van der Waals surface area (Å²) in [7, 11) is 0. The molecular weight excluding hydrogens is 615 g/mol. The smallest absolute Gasteiger partial charge is 0.353 e. The molecule has 0 bridgehead atoms. The summed E-state index contributed by atoms with van der Waals surface area (Å²) in [6.07, 6.45) is 0. The van der Waals surface area contributed by atoms with Crippen molar-refractivity contribution in [2.24, 2.45) is 27.9 Å². The second-order valence-electron chi connectivity index (χ2n) is 8.24. The molecule has 0 radical (unpaired) electrons. The van der Waals surface area contributed by atoms with Gasteiger partial charge in [-0.25, -0.2) is 4.79 Å². The van der Waals surface area contributed by atoms with Crippen LogP contribution in [0.2, 0.25) is 0 Å². The van der Waals surface area contributed by atoms with Crippen LogP contribution in [0.25, 0.3) is 0 Å². The number of fused-ring (bicyclic) bond motifs is 1. The molecule has 3 rings (SSSR count). The number of hydrogen-bond donors (Lipinski definition) is 8. The Balaban J connectivity index is 1.73. The van der Waals surface area contributed by atoms with Gasteiger partial charge in [-0.15, -0.1) is 11.8 Å². The van der Waals surface area contributed by atoms with Gasteiger partial charge in [0.05, 0.1) is 12.3 Å². The molecule has 0 aromatic heterocycles. The number of thioether (sulfide) groups is 5. The van der Waals surface area contributed by atoms with E-state index < -0.39 is 23.3 Å². The van der Waals surface area contributed by atoms with Crippen LogP contribution in [0.1, 0.15) is 11.1 Å². The number of β-lactam (4-membered cyclic amide) rings is 1. The lowest BCUT2D eigenvalue weighted by molar-refractivity contribution is -0.150. The maximum Gasteiger partial charge on any atom is 0.353 e. The van der Waals surface area contributed by atoms with E-state index in [1.165, 1.54) is 51.9 Å². The van der Waals surface area contributed by atoms with Gasteiger partial charge in [-0.05, 0) is 17.2 Å². The highest BCUT2D eigenvalue weighted by Gasteiger charge is 2.54. The zero-order valence-electron chi connectivity index (χ0n) is 21.0. The minimum Gasteiger partial charge on any atom is -0.477 e. The number of carboxylic acid groups (broad SMARTS) is 1. The second-order valence-corrected chi connectivity index (χ2v) is 13.6. The number of nitrogens with zero attached hydrogens (tertiary/aromatic N) is 2. The van der Waals surface area contributed by atoms with Crippen molar-refractivity contribution in [2.45, 2.75) is 27.8 Å². The monoisotopic (exact) mass is 643 g/mol. The number of guanidine groups is 1. The number of carbonyl (C=O) groups is 3. The normalized spacial score (nSPS) is 18.0. The first-order valence-corrected chi connectivity index (χ1v) is 16.5. The number of amides is 2. The third kappa shape index (κ3) is 8.66. The van der Waals surface area contributed by atoms with Gasteiger partial charge in [0.1, 0.15) is 17.1 Å². The molecule has 2 amide bonds. The van der Waals surface area contributed by atoms with Crippen LogP contribution in [0.3, 0.4) is 0 Å². The molecule has 2 aliphatic heterocycles. The van der Waals surface area contributed by atoms with E-state index in [1.807, 2.05) is 18.2 Å². The number of carboxylic acids is 1. The zero-order chi connectivity index (χ0) is 29.4. The SMILES string of the molecule is N=C(N)SCc1ccc(SC2=C(C(=O)O)N3C(=O)[C@@H](NC(=O)CSCCN=C(N)N)[C@H]3SC2)c(CSC(=N)N)c1. The van der Waals surface area contributed by atoms with Gasteiger partial charge in [0.25, 0.3) is 5.91 Å². The molecule has 1 aromatic carbocycles. The third-order valence-corrected chi connectivity index (χ3v) is 10.5. The predicted molar refractivity (Wildman–Crippen MR) is 166 cm³/mol. The molecule has 13 nitrogen and oxygen atoms in total. The van der Waals surface area contributed by atoms with Crippen LogP contribution in [-0.2, 0) is 25.9 Å². The molecular formula is C22H29N9O4S5. The number of hydrogen-bond acceptors (Lipinski definition) is 11. The Morgan fingerprint density at radius 1 is 1.15 bits per heavy atom. The second kappa shape index (κ2) is 14.8. The zero-order valence-corrected chi connectivity index (χ0v) is 25.1. The van der Waals surface area contributed by atoms with Gasteiger partial charge in [-0.1, -0.05) is 47.4 Å². The molecule has 40 heavy (non-hydrogen) atoms. The van der Waals surface area contributed by atoms with Gasteiger partial charge in [0.2, 0.25) is 5.91 Å². The van der Waals surface area contributed by atoms with Crippen LogP contribution in [-0.4, -0.2) is 79.3 Å². The first kappa shape index (κ1) is 31.9. The lowest BCUT2D eigenvalue weighted by Gasteiger charge is -2.49. The number of aliphatic carboxylic acids is 1. The van der Waals surface area contributed by atoms with Crippen LogP contribution >= 0.6 is 58.8 Å². The van der Waals surface area contributed by atoms with Crippen molar-refractivity contribution in [1.82, 2.24) is 10.2 Å². The summed E-state index contributed by atoms with van der Waals surface area (Å²) in [6.45, 7) is 0.372. The molecule has 0 unspecified atom stereocenters. The highest BCUT2D eigenvalue weighted by Crippen LogP contribution is 2.46. The minimum atomic E-state index is -1.23. The highest BCUT2D eigenvalue weighted by atomic mass is 32.2. The Hall–Kier alpha value is -2.67. The summed E-state index contributed by atoms with van der Waals surface area (Å²) in [5.41, 5.74) is 23.2. The number of aliphatic imine (C=N–C) groups is 1. The van der Waals surface area contributed by atoms with E-state index in [4.69, 9.17) is 33.8 Å².